The molecule has 1 unspecified atom stereocenters. The number of carbonyl (C=O) groups is 2. The van der Waals surface area contributed by atoms with Crippen LogP contribution < -0.4 is 0 Å². The van der Waals surface area contributed by atoms with Crippen LogP contribution in [-0.4, -0.2) is 16.6 Å². The van der Waals surface area contributed by atoms with E-state index in [1.54, 1.807) is 18.2 Å². The molecule has 0 aliphatic rings. The number of hydrogen-bond donors (Lipinski definition) is 0. The number of hydrogen-bond acceptors (Lipinski definition) is 2. The maximum Gasteiger partial charge on any atom is 0.227 e. The van der Waals surface area contributed by atoms with Crippen LogP contribution in [-0.2, 0) is 4.79 Å². The predicted molar refractivity (Wildman–Crippen MR) is 77.9 cm³/mol. The molecule has 0 saturated carbocycles. The second kappa shape index (κ2) is 5.72. The number of Topliss-reactive ketones (excluding diaryl/α,β-unsaturated/α-hetero) is 1. The molecular weight excluding hydrogens is 307 g/mol. The van der Waals surface area contributed by atoms with Crippen molar-refractivity contribution in [1.29, 1.82) is 0 Å². The Morgan fingerprint density at radius 1 is 1.09 bits per heavy atom. The molecule has 0 saturated heterocycles. The van der Waals surface area contributed by atoms with Gasteiger partial charge in [-0.25, -0.2) is 13.2 Å². The van der Waals surface area contributed by atoms with Crippen LogP contribution in [0.5, 0.6) is 0 Å². The Kier molecular flexibility index (Phi) is 3.73. The normalized spacial score (nSPS) is 12.3. The van der Waals surface area contributed by atoms with E-state index < -0.39 is 29.3 Å². The van der Waals surface area contributed by atoms with Gasteiger partial charge in [-0.1, -0.05) is 30.3 Å². The zero-order valence-corrected chi connectivity index (χ0v) is 11.7. The molecule has 0 N–H and O–H groups in total. The molecule has 0 aliphatic heterocycles. The Morgan fingerprint density at radius 2 is 1.83 bits per heavy atom. The number of benzene rings is 2. The lowest BCUT2D eigenvalue weighted by Crippen LogP contribution is -2.07. The van der Waals surface area contributed by atoms with Crippen molar-refractivity contribution in [2.24, 2.45) is 0 Å². The number of ketones is 1. The SMILES string of the molecule is O=CC(=O)c1cn(C(F)c2cccc(F)c2F)c2ccccc12. The maximum atomic E-state index is 14.8. The molecule has 1 aromatic heterocycles. The van der Waals surface area contributed by atoms with E-state index in [2.05, 4.69) is 0 Å². The van der Waals surface area contributed by atoms with Crippen molar-refractivity contribution in [1.82, 2.24) is 4.57 Å². The van der Waals surface area contributed by atoms with Gasteiger partial charge in [0.15, 0.2) is 17.9 Å². The monoisotopic (exact) mass is 317 g/mol. The highest BCUT2D eigenvalue weighted by Gasteiger charge is 2.23. The summed E-state index contributed by atoms with van der Waals surface area (Å²) >= 11 is 0. The first-order chi connectivity index (χ1) is 11.0. The number of alkyl halides is 1. The van der Waals surface area contributed by atoms with Crippen LogP contribution in [0.3, 0.4) is 0 Å². The Labute approximate surface area is 129 Å². The van der Waals surface area contributed by atoms with Gasteiger partial charge in [-0.15, -0.1) is 0 Å². The summed E-state index contributed by atoms with van der Waals surface area (Å²) in [6, 6.07) is 9.54. The number of halogens is 3. The van der Waals surface area contributed by atoms with Crippen molar-refractivity contribution in [2.75, 3.05) is 0 Å². The van der Waals surface area contributed by atoms with Crippen molar-refractivity contribution in [3.8, 4) is 0 Å². The minimum atomic E-state index is -2.04. The third kappa shape index (κ3) is 2.42. The minimum Gasteiger partial charge on any atom is -0.312 e. The van der Waals surface area contributed by atoms with Gasteiger partial charge < -0.3 is 4.57 Å². The van der Waals surface area contributed by atoms with E-state index in [4.69, 9.17) is 0 Å². The molecule has 1 heterocycles. The molecule has 0 bridgehead atoms. The first-order valence-corrected chi connectivity index (χ1v) is 6.71. The number of aromatic nitrogens is 1. The van der Waals surface area contributed by atoms with Gasteiger partial charge in [0.2, 0.25) is 12.1 Å². The van der Waals surface area contributed by atoms with Gasteiger partial charge in [-0.05, 0) is 12.1 Å². The summed E-state index contributed by atoms with van der Waals surface area (Å²) in [5, 5.41) is 0.365. The van der Waals surface area contributed by atoms with E-state index in [-0.39, 0.29) is 11.8 Å². The molecule has 0 aliphatic carbocycles. The van der Waals surface area contributed by atoms with Gasteiger partial charge in [0.25, 0.3) is 0 Å². The Bertz CT molecular complexity index is 917. The molecule has 3 aromatic rings. The predicted octanol–water partition coefficient (Wildman–Crippen LogP) is 3.82. The second-order valence-electron chi connectivity index (χ2n) is 4.93. The van der Waals surface area contributed by atoms with E-state index in [1.165, 1.54) is 12.1 Å². The van der Waals surface area contributed by atoms with Crippen molar-refractivity contribution < 1.29 is 22.8 Å². The fourth-order valence-corrected chi connectivity index (χ4v) is 2.51. The molecular formula is C17H10F3NO2. The fraction of sp³-hybridized carbons (Fsp3) is 0.0588. The van der Waals surface area contributed by atoms with Gasteiger partial charge in [0.1, 0.15) is 0 Å². The van der Waals surface area contributed by atoms with Crippen molar-refractivity contribution in [2.45, 2.75) is 6.30 Å². The summed E-state index contributed by atoms with van der Waals surface area (Å²) in [5.41, 5.74) is -0.181. The Hall–Kier alpha value is -2.89. The van der Waals surface area contributed by atoms with Gasteiger partial charge in [0, 0.05) is 17.1 Å². The lowest BCUT2D eigenvalue weighted by molar-refractivity contribution is -0.104. The van der Waals surface area contributed by atoms with E-state index in [0.29, 0.717) is 10.9 Å². The van der Waals surface area contributed by atoms with Crippen LogP contribution in [0, 0.1) is 11.6 Å². The third-order valence-electron chi connectivity index (χ3n) is 3.60. The van der Waals surface area contributed by atoms with Crippen LogP contribution in [0.25, 0.3) is 10.9 Å². The fourth-order valence-electron chi connectivity index (χ4n) is 2.51. The van der Waals surface area contributed by atoms with Gasteiger partial charge >= 0.3 is 0 Å². The topological polar surface area (TPSA) is 39.1 Å². The number of rotatable bonds is 4. The number of carbonyl (C=O) groups excluding carboxylic acids is 2. The van der Waals surface area contributed by atoms with Crippen LogP contribution >= 0.6 is 0 Å². The smallest absolute Gasteiger partial charge is 0.227 e. The molecule has 3 nitrogen and oxygen atoms in total. The molecule has 2 aromatic carbocycles. The van der Waals surface area contributed by atoms with Crippen molar-refractivity contribution in [3.05, 3.63) is 71.4 Å². The van der Waals surface area contributed by atoms with E-state index in [1.807, 2.05) is 0 Å². The maximum absolute atomic E-state index is 14.8. The van der Waals surface area contributed by atoms with E-state index in [0.717, 1.165) is 22.9 Å². The molecule has 3 rings (SSSR count). The molecule has 23 heavy (non-hydrogen) atoms. The Balaban J connectivity index is 2.22. The van der Waals surface area contributed by atoms with Gasteiger partial charge in [-0.3, -0.25) is 9.59 Å². The van der Waals surface area contributed by atoms with Crippen molar-refractivity contribution >= 4 is 23.0 Å². The second-order valence-corrected chi connectivity index (χ2v) is 4.93. The summed E-state index contributed by atoms with van der Waals surface area (Å²) in [6.45, 7) is 0. The standard InChI is InChI=1S/C17H10F3NO2/c18-13-6-3-5-11(16(13)19)17(20)21-8-12(15(23)9-22)10-4-1-2-7-14(10)21/h1-9,17H. The van der Waals surface area contributed by atoms with Crippen LogP contribution in [0.1, 0.15) is 22.2 Å². The third-order valence-corrected chi connectivity index (χ3v) is 3.60. The number of aldehydes is 1. The lowest BCUT2D eigenvalue weighted by atomic mass is 10.1. The largest absolute Gasteiger partial charge is 0.312 e. The van der Waals surface area contributed by atoms with Crippen LogP contribution in [0.15, 0.2) is 48.7 Å². The quantitative estimate of drug-likeness (QED) is 0.417. The van der Waals surface area contributed by atoms with Crippen molar-refractivity contribution in [3.63, 3.8) is 0 Å². The minimum absolute atomic E-state index is 0.00932. The highest BCUT2D eigenvalue weighted by atomic mass is 19.2. The molecule has 0 radical (unpaired) electrons. The van der Waals surface area contributed by atoms with Gasteiger partial charge in [-0.2, -0.15) is 0 Å². The summed E-state index contributed by atoms with van der Waals surface area (Å²) in [6.07, 6.45) is -0.776. The molecule has 0 fully saturated rings. The van der Waals surface area contributed by atoms with E-state index in [9.17, 15) is 22.8 Å². The molecule has 0 spiro atoms. The molecule has 0 amide bonds. The highest BCUT2D eigenvalue weighted by Crippen LogP contribution is 2.31. The molecule has 6 heteroatoms. The average Bonchev–Trinajstić information content (AvgIpc) is 2.96. The zero-order chi connectivity index (χ0) is 16.6. The average molecular weight is 317 g/mol. The first kappa shape index (κ1) is 15.0. The number of fused-ring (bicyclic) bond motifs is 1. The highest BCUT2D eigenvalue weighted by molar-refractivity contribution is 6.36. The number of para-hydroxylation sites is 1. The number of nitrogens with zero attached hydrogens (tertiary/aromatic N) is 1. The lowest BCUT2D eigenvalue weighted by Gasteiger charge is -2.13. The summed E-state index contributed by atoms with van der Waals surface area (Å²) < 4.78 is 42.9. The summed E-state index contributed by atoms with van der Waals surface area (Å²) in [4.78, 5) is 22.4. The molecule has 1 atom stereocenters. The Morgan fingerprint density at radius 3 is 2.57 bits per heavy atom. The summed E-state index contributed by atoms with van der Waals surface area (Å²) in [5.74, 6) is -3.27. The van der Waals surface area contributed by atoms with E-state index >= 15 is 0 Å². The zero-order valence-electron chi connectivity index (χ0n) is 11.7. The van der Waals surface area contributed by atoms with Crippen LogP contribution in [0.4, 0.5) is 13.2 Å². The molecule has 116 valence electrons. The first-order valence-electron chi connectivity index (χ1n) is 6.71. The summed E-state index contributed by atoms with van der Waals surface area (Å²) in [7, 11) is 0. The van der Waals surface area contributed by atoms with Crippen LogP contribution in [0.2, 0.25) is 0 Å². The van der Waals surface area contributed by atoms with Gasteiger partial charge in [0.05, 0.1) is 11.1 Å².